The lowest BCUT2D eigenvalue weighted by molar-refractivity contribution is -0.384. The fourth-order valence-corrected chi connectivity index (χ4v) is 2.77. The highest BCUT2D eigenvalue weighted by atomic mass is 35.5. The van der Waals surface area contributed by atoms with E-state index in [1.165, 1.54) is 19.2 Å². The van der Waals surface area contributed by atoms with Crippen molar-refractivity contribution in [3.05, 3.63) is 38.9 Å². The van der Waals surface area contributed by atoms with E-state index in [0.717, 1.165) is 18.9 Å². The van der Waals surface area contributed by atoms with E-state index in [1.807, 2.05) is 0 Å². The Kier molecular flexibility index (Phi) is 5.97. The largest absolute Gasteiger partial charge is 0.453 e. The van der Waals surface area contributed by atoms with Gasteiger partial charge in [0.05, 0.1) is 12.0 Å². The summed E-state index contributed by atoms with van der Waals surface area (Å²) in [5.74, 6) is -0.137. The number of piperidine rings is 1. The van der Waals surface area contributed by atoms with Crippen LogP contribution in [0.3, 0.4) is 0 Å². The number of halogens is 1. The number of rotatable bonds is 4. The molecular weight excluding hydrogens is 338 g/mol. The van der Waals surface area contributed by atoms with Gasteiger partial charge < -0.3 is 15.0 Å². The summed E-state index contributed by atoms with van der Waals surface area (Å²) in [7, 11) is 1.35. The number of ether oxygens (including phenoxy) is 1. The molecule has 2 amide bonds. The molecule has 0 bridgehead atoms. The van der Waals surface area contributed by atoms with Crippen LogP contribution in [0, 0.1) is 16.0 Å². The van der Waals surface area contributed by atoms with Crippen molar-refractivity contribution in [2.45, 2.75) is 12.8 Å². The number of amides is 2. The van der Waals surface area contributed by atoms with Gasteiger partial charge in [0.2, 0.25) is 0 Å². The number of nitro groups is 1. The number of nitrogens with one attached hydrogen (secondary N) is 1. The van der Waals surface area contributed by atoms with E-state index in [2.05, 4.69) is 10.1 Å². The summed E-state index contributed by atoms with van der Waals surface area (Å²) in [6, 6.07) is 3.95. The van der Waals surface area contributed by atoms with E-state index in [0.29, 0.717) is 19.6 Å². The molecule has 0 aromatic heterocycles. The summed E-state index contributed by atoms with van der Waals surface area (Å²) in [6.45, 7) is 1.61. The highest BCUT2D eigenvalue weighted by Gasteiger charge is 2.24. The number of nitrogens with zero attached hydrogens (tertiary/aromatic N) is 2. The molecule has 24 heavy (non-hydrogen) atoms. The topological polar surface area (TPSA) is 102 Å². The van der Waals surface area contributed by atoms with Crippen molar-refractivity contribution >= 4 is 29.3 Å². The van der Waals surface area contributed by atoms with Crippen LogP contribution in [-0.2, 0) is 4.74 Å². The Labute approximate surface area is 143 Å². The van der Waals surface area contributed by atoms with Crippen LogP contribution in [0.2, 0.25) is 5.02 Å². The smallest absolute Gasteiger partial charge is 0.409 e. The van der Waals surface area contributed by atoms with E-state index in [4.69, 9.17) is 11.6 Å². The highest BCUT2D eigenvalue weighted by Crippen LogP contribution is 2.25. The third-order valence-corrected chi connectivity index (χ3v) is 4.32. The summed E-state index contributed by atoms with van der Waals surface area (Å²) < 4.78 is 4.67. The molecule has 0 atom stereocenters. The van der Waals surface area contributed by atoms with Crippen LogP contribution in [0.5, 0.6) is 0 Å². The maximum absolute atomic E-state index is 12.1. The first kappa shape index (κ1) is 18.0. The molecule has 0 spiro atoms. The quantitative estimate of drug-likeness (QED) is 0.660. The van der Waals surface area contributed by atoms with Crippen LogP contribution in [0.25, 0.3) is 0 Å². The normalized spacial score (nSPS) is 15.0. The first-order chi connectivity index (χ1) is 11.4. The van der Waals surface area contributed by atoms with Crippen molar-refractivity contribution in [2.75, 3.05) is 26.7 Å². The molecule has 2 rings (SSSR count). The van der Waals surface area contributed by atoms with Crippen LogP contribution < -0.4 is 5.32 Å². The first-order valence-electron chi connectivity index (χ1n) is 7.47. The summed E-state index contributed by atoms with van der Waals surface area (Å²) in [5, 5.41) is 13.6. The summed E-state index contributed by atoms with van der Waals surface area (Å²) in [6.07, 6.45) is 1.18. The van der Waals surface area contributed by atoms with Gasteiger partial charge in [-0.05, 0) is 30.9 Å². The maximum Gasteiger partial charge on any atom is 0.409 e. The average Bonchev–Trinajstić information content (AvgIpc) is 2.59. The molecule has 1 aliphatic heterocycles. The molecule has 0 unspecified atom stereocenters. The fraction of sp³-hybridized carbons (Fsp3) is 0.467. The lowest BCUT2D eigenvalue weighted by Gasteiger charge is -2.30. The molecule has 1 fully saturated rings. The number of hydrogen-bond acceptors (Lipinski definition) is 5. The van der Waals surface area contributed by atoms with Crippen LogP contribution in [-0.4, -0.2) is 48.6 Å². The van der Waals surface area contributed by atoms with Crippen molar-refractivity contribution in [2.24, 2.45) is 5.92 Å². The van der Waals surface area contributed by atoms with E-state index < -0.39 is 4.92 Å². The number of carbonyl (C=O) groups excluding carboxylic acids is 2. The molecule has 130 valence electrons. The van der Waals surface area contributed by atoms with Crippen molar-refractivity contribution in [1.82, 2.24) is 10.2 Å². The Morgan fingerprint density at radius 3 is 2.67 bits per heavy atom. The van der Waals surface area contributed by atoms with Gasteiger partial charge in [-0.2, -0.15) is 0 Å². The molecular formula is C15H18ClN3O5. The van der Waals surface area contributed by atoms with E-state index in [1.54, 1.807) is 4.90 Å². The molecule has 1 heterocycles. The molecule has 0 saturated carbocycles. The standard InChI is InChI=1S/C15H18ClN3O5/c1-24-15(21)18-6-4-10(5-7-18)9-17-14(20)11-2-3-12(16)13(8-11)19(22)23/h2-3,8,10H,4-7,9H2,1H3,(H,17,20). The summed E-state index contributed by atoms with van der Waals surface area (Å²) in [5.41, 5.74) is -0.103. The second kappa shape index (κ2) is 7.96. The minimum absolute atomic E-state index is 0.00766. The molecule has 8 nitrogen and oxygen atoms in total. The lowest BCUT2D eigenvalue weighted by Crippen LogP contribution is -2.41. The van der Waals surface area contributed by atoms with E-state index >= 15 is 0 Å². The van der Waals surface area contributed by atoms with Gasteiger partial charge >= 0.3 is 6.09 Å². The second-order valence-electron chi connectivity index (χ2n) is 5.53. The SMILES string of the molecule is COC(=O)N1CCC(CNC(=O)c2ccc(Cl)c([N+](=O)[O-])c2)CC1. The first-order valence-corrected chi connectivity index (χ1v) is 7.85. The lowest BCUT2D eigenvalue weighted by atomic mass is 9.97. The van der Waals surface area contributed by atoms with E-state index in [9.17, 15) is 19.7 Å². The van der Waals surface area contributed by atoms with Crippen molar-refractivity contribution < 1.29 is 19.2 Å². The van der Waals surface area contributed by atoms with Gasteiger partial charge in [0.15, 0.2) is 0 Å². The summed E-state index contributed by atoms with van der Waals surface area (Å²) in [4.78, 5) is 35.4. The Morgan fingerprint density at radius 2 is 2.08 bits per heavy atom. The number of likely N-dealkylation sites (tertiary alicyclic amines) is 1. The van der Waals surface area contributed by atoms with Gasteiger partial charge in [0.25, 0.3) is 11.6 Å². The van der Waals surface area contributed by atoms with Gasteiger partial charge in [-0.15, -0.1) is 0 Å². The Morgan fingerprint density at radius 1 is 1.42 bits per heavy atom. The molecule has 0 radical (unpaired) electrons. The van der Waals surface area contributed by atoms with E-state index in [-0.39, 0.29) is 34.2 Å². The molecule has 1 aromatic rings. The Hall–Kier alpha value is -2.35. The predicted molar refractivity (Wildman–Crippen MR) is 87.1 cm³/mol. The highest BCUT2D eigenvalue weighted by molar-refractivity contribution is 6.32. The van der Waals surface area contributed by atoms with Crippen LogP contribution in [0.1, 0.15) is 23.2 Å². The van der Waals surface area contributed by atoms with Crippen molar-refractivity contribution in [1.29, 1.82) is 0 Å². The number of carbonyl (C=O) groups is 2. The van der Waals surface area contributed by atoms with Crippen molar-refractivity contribution in [3.8, 4) is 0 Å². The average molecular weight is 356 g/mol. The predicted octanol–water partition coefficient (Wildman–Crippen LogP) is 2.46. The third-order valence-electron chi connectivity index (χ3n) is 4.00. The van der Waals surface area contributed by atoms with Crippen LogP contribution in [0.15, 0.2) is 18.2 Å². The molecule has 9 heteroatoms. The zero-order chi connectivity index (χ0) is 17.7. The van der Waals surface area contributed by atoms with Gasteiger partial charge in [-0.3, -0.25) is 14.9 Å². The molecule has 1 saturated heterocycles. The second-order valence-corrected chi connectivity index (χ2v) is 5.94. The third kappa shape index (κ3) is 4.35. The monoisotopic (exact) mass is 355 g/mol. The Bertz CT molecular complexity index is 644. The zero-order valence-corrected chi connectivity index (χ0v) is 13.9. The van der Waals surface area contributed by atoms with Crippen molar-refractivity contribution in [3.63, 3.8) is 0 Å². The number of benzene rings is 1. The van der Waals surface area contributed by atoms with Gasteiger partial charge in [0, 0.05) is 31.3 Å². The van der Waals surface area contributed by atoms with Gasteiger partial charge in [-0.25, -0.2) is 4.79 Å². The number of nitro benzene ring substituents is 1. The van der Waals surface area contributed by atoms with Gasteiger partial charge in [0.1, 0.15) is 5.02 Å². The number of hydrogen-bond donors (Lipinski definition) is 1. The molecule has 0 aliphatic carbocycles. The zero-order valence-electron chi connectivity index (χ0n) is 13.2. The van der Waals surface area contributed by atoms with Crippen LogP contribution >= 0.6 is 11.6 Å². The summed E-state index contributed by atoms with van der Waals surface area (Å²) >= 11 is 5.73. The van der Waals surface area contributed by atoms with Crippen LogP contribution in [0.4, 0.5) is 10.5 Å². The minimum atomic E-state index is -0.623. The van der Waals surface area contributed by atoms with Gasteiger partial charge in [-0.1, -0.05) is 11.6 Å². The molecule has 1 aromatic carbocycles. The Balaban J connectivity index is 1.87. The number of methoxy groups -OCH3 is 1. The minimum Gasteiger partial charge on any atom is -0.453 e. The fourth-order valence-electron chi connectivity index (χ4n) is 2.58. The molecule has 1 N–H and O–H groups in total. The maximum atomic E-state index is 12.1. The molecule has 1 aliphatic rings.